The lowest BCUT2D eigenvalue weighted by molar-refractivity contribution is -0.130. The Morgan fingerprint density at radius 3 is 2.92 bits per heavy atom. The average Bonchev–Trinajstić information content (AvgIpc) is 3.32. The van der Waals surface area contributed by atoms with Gasteiger partial charge in [-0.3, -0.25) is 9.79 Å². The number of thiophene rings is 2. The molecule has 1 amide bonds. The van der Waals surface area contributed by atoms with Crippen molar-refractivity contribution in [2.45, 2.75) is 25.8 Å². The molecule has 2 aromatic rings. The third-order valence-electron chi connectivity index (χ3n) is 4.48. The van der Waals surface area contributed by atoms with E-state index in [2.05, 4.69) is 50.8 Å². The van der Waals surface area contributed by atoms with Gasteiger partial charge >= 0.3 is 0 Å². The number of carbonyl (C=O) groups is 1. The molecular formula is C18H25IN4OS2. The topological polar surface area (TPSA) is 56.7 Å². The van der Waals surface area contributed by atoms with Crippen LogP contribution in [0.2, 0.25) is 0 Å². The number of aliphatic imine (C=N–C) groups is 1. The second-order valence-corrected chi connectivity index (χ2v) is 7.98. The highest BCUT2D eigenvalue weighted by atomic mass is 127. The molecule has 3 heterocycles. The molecule has 0 aromatic carbocycles. The summed E-state index contributed by atoms with van der Waals surface area (Å²) in [6, 6.07) is 4.27. The summed E-state index contributed by atoms with van der Waals surface area (Å²) in [5, 5.41) is 12.8. The summed E-state index contributed by atoms with van der Waals surface area (Å²) in [7, 11) is 1.73. The highest BCUT2D eigenvalue weighted by Crippen LogP contribution is 2.23. The van der Waals surface area contributed by atoms with E-state index in [4.69, 9.17) is 0 Å². The predicted octanol–water partition coefficient (Wildman–Crippen LogP) is 3.28. The first kappa shape index (κ1) is 21.2. The summed E-state index contributed by atoms with van der Waals surface area (Å²) in [5.41, 5.74) is 2.61. The molecule has 0 fully saturated rings. The lowest BCUT2D eigenvalue weighted by atomic mass is 10.1. The minimum atomic E-state index is 0. The van der Waals surface area contributed by atoms with Crippen molar-refractivity contribution in [2.75, 3.05) is 26.7 Å². The van der Waals surface area contributed by atoms with E-state index in [1.54, 1.807) is 29.7 Å². The SMILES string of the molecule is CN=C(NCC(=O)N1CCc2sccc2C1)NCC(C)c1ccsc1.I. The van der Waals surface area contributed by atoms with Crippen molar-refractivity contribution >= 4 is 58.5 Å². The van der Waals surface area contributed by atoms with Gasteiger partial charge in [-0.15, -0.1) is 35.3 Å². The summed E-state index contributed by atoms with van der Waals surface area (Å²) in [4.78, 5) is 20.0. The van der Waals surface area contributed by atoms with E-state index < -0.39 is 0 Å². The third kappa shape index (κ3) is 5.43. The normalized spacial score (nSPS) is 15.0. The fourth-order valence-electron chi connectivity index (χ4n) is 2.88. The molecule has 0 radical (unpaired) electrons. The summed E-state index contributed by atoms with van der Waals surface area (Å²) < 4.78 is 0. The van der Waals surface area contributed by atoms with E-state index in [9.17, 15) is 4.79 Å². The molecule has 142 valence electrons. The largest absolute Gasteiger partial charge is 0.356 e. The van der Waals surface area contributed by atoms with Gasteiger partial charge < -0.3 is 15.5 Å². The number of hydrogen-bond donors (Lipinski definition) is 2. The second kappa shape index (κ2) is 10.3. The van der Waals surface area contributed by atoms with Crippen LogP contribution in [-0.2, 0) is 17.8 Å². The van der Waals surface area contributed by atoms with E-state index in [0.29, 0.717) is 11.9 Å². The van der Waals surface area contributed by atoms with Crippen LogP contribution in [0.4, 0.5) is 0 Å². The van der Waals surface area contributed by atoms with Gasteiger partial charge in [-0.1, -0.05) is 6.92 Å². The number of nitrogens with zero attached hydrogens (tertiary/aromatic N) is 2. The summed E-state index contributed by atoms with van der Waals surface area (Å²) in [5.74, 6) is 1.19. The Morgan fingerprint density at radius 1 is 1.35 bits per heavy atom. The maximum absolute atomic E-state index is 12.5. The Bertz CT molecular complexity index is 729. The van der Waals surface area contributed by atoms with Gasteiger partial charge in [0.15, 0.2) is 5.96 Å². The van der Waals surface area contributed by atoms with Crippen LogP contribution in [-0.4, -0.2) is 43.4 Å². The molecule has 1 aliphatic rings. The van der Waals surface area contributed by atoms with Gasteiger partial charge in [-0.05, 0) is 51.7 Å². The van der Waals surface area contributed by atoms with E-state index in [1.165, 1.54) is 16.0 Å². The van der Waals surface area contributed by atoms with E-state index >= 15 is 0 Å². The average molecular weight is 504 g/mol. The van der Waals surface area contributed by atoms with Crippen molar-refractivity contribution in [3.8, 4) is 0 Å². The molecule has 0 aliphatic carbocycles. The number of fused-ring (bicyclic) bond motifs is 1. The van der Waals surface area contributed by atoms with Gasteiger partial charge in [0, 0.05) is 31.6 Å². The van der Waals surface area contributed by atoms with Crippen molar-refractivity contribution in [3.05, 3.63) is 44.3 Å². The molecule has 1 aliphatic heterocycles. The Labute approximate surface area is 179 Å². The number of nitrogens with one attached hydrogen (secondary N) is 2. The minimum Gasteiger partial charge on any atom is -0.356 e. The van der Waals surface area contributed by atoms with E-state index in [-0.39, 0.29) is 36.4 Å². The molecule has 1 unspecified atom stereocenters. The predicted molar refractivity (Wildman–Crippen MR) is 121 cm³/mol. The summed E-state index contributed by atoms with van der Waals surface area (Å²) in [6.45, 7) is 4.76. The Balaban J connectivity index is 0.00000243. The summed E-state index contributed by atoms with van der Waals surface area (Å²) in [6.07, 6.45) is 0.962. The van der Waals surface area contributed by atoms with Gasteiger partial charge in [0.2, 0.25) is 5.91 Å². The molecule has 0 saturated carbocycles. The number of amides is 1. The molecule has 0 bridgehead atoms. The minimum absolute atomic E-state index is 0. The molecule has 2 N–H and O–H groups in total. The molecule has 2 aromatic heterocycles. The lowest BCUT2D eigenvalue weighted by Crippen LogP contribution is -2.46. The highest BCUT2D eigenvalue weighted by molar-refractivity contribution is 14.0. The number of rotatable bonds is 5. The second-order valence-electron chi connectivity index (χ2n) is 6.20. The van der Waals surface area contributed by atoms with Crippen LogP contribution in [0.5, 0.6) is 0 Å². The van der Waals surface area contributed by atoms with Crippen molar-refractivity contribution in [1.29, 1.82) is 0 Å². The van der Waals surface area contributed by atoms with Crippen LogP contribution < -0.4 is 10.6 Å². The molecule has 26 heavy (non-hydrogen) atoms. The molecule has 0 spiro atoms. The monoisotopic (exact) mass is 504 g/mol. The number of hydrogen-bond acceptors (Lipinski definition) is 4. The van der Waals surface area contributed by atoms with E-state index in [1.807, 2.05) is 4.90 Å². The molecule has 0 saturated heterocycles. The van der Waals surface area contributed by atoms with Crippen LogP contribution in [0, 0.1) is 0 Å². The molecule has 3 rings (SSSR count). The highest BCUT2D eigenvalue weighted by Gasteiger charge is 2.21. The number of carbonyl (C=O) groups excluding carboxylic acids is 1. The van der Waals surface area contributed by atoms with Gasteiger partial charge in [0.25, 0.3) is 0 Å². The Kier molecular flexibility index (Phi) is 8.36. The zero-order chi connectivity index (χ0) is 17.6. The maximum Gasteiger partial charge on any atom is 0.242 e. The first-order valence-electron chi connectivity index (χ1n) is 8.47. The van der Waals surface area contributed by atoms with Crippen molar-refractivity contribution in [3.63, 3.8) is 0 Å². The fourth-order valence-corrected chi connectivity index (χ4v) is 4.55. The first-order chi connectivity index (χ1) is 12.2. The quantitative estimate of drug-likeness (QED) is 0.374. The molecule has 5 nitrogen and oxygen atoms in total. The summed E-state index contributed by atoms with van der Waals surface area (Å²) >= 11 is 3.50. The van der Waals surface area contributed by atoms with Crippen LogP contribution in [0.25, 0.3) is 0 Å². The van der Waals surface area contributed by atoms with Crippen molar-refractivity contribution < 1.29 is 4.79 Å². The molecule has 8 heteroatoms. The zero-order valence-electron chi connectivity index (χ0n) is 15.0. The van der Waals surface area contributed by atoms with Crippen LogP contribution in [0.15, 0.2) is 33.3 Å². The molecule has 1 atom stereocenters. The van der Waals surface area contributed by atoms with Gasteiger partial charge in [0.05, 0.1) is 6.54 Å². The Hall–Kier alpha value is -1.13. The standard InChI is InChI=1S/C18H24N4OS2.HI/c1-13(15-4-7-24-12-15)9-20-18(19-2)21-10-17(23)22-6-3-16-14(11-22)5-8-25-16;/h4-5,7-8,12-13H,3,6,9-11H2,1-2H3,(H2,19,20,21);1H. The van der Waals surface area contributed by atoms with E-state index in [0.717, 1.165) is 26.1 Å². The van der Waals surface area contributed by atoms with Crippen LogP contribution in [0.3, 0.4) is 0 Å². The van der Waals surface area contributed by atoms with Gasteiger partial charge in [0.1, 0.15) is 0 Å². The zero-order valence-corrected chi connectivity index (χ0v) is 19.0. The maximum atomic E-state index is 12.5. The molecular weight excluding hydrogens is 479 g/mol. The van der Waals surface area contributed by atoms with Crippen molar-refractivity contribution in [1.82, 2.24) is 15.5 Å². The van der Waals surface area contributed by atoms with Crippen LogP contribution >= 0.6 is 46.7 Å². The fraction of sp³-hybridized carbons (Fsp3) is 0.444. The van der Waals surface area contributed by atoms with Gasteiger partial charge in [-0.2, -0.15) is 11.3 Å². The lowest BCUT2D eigenvalue weighted by Gasteiger charge is -2.27. The Morgan fingerprint density at radius 2 is 2.19 bits per heavy atom. The number of guanidine groups is 1. The van der Waals surface area contributed by atoms with Gasteiger partial charge in [-0.25, -0.2) is 0 Å². The smallest absolute Gasteiger partial charge is 0.242 e. The number of halogens is 1. The third-order valence-corrected chi connectivity index (χ3v) is 6.20. The first-order valence-corrected chi connectivity index (χ1v) is 10.3. The van der Waals surface area contributed by atoms with Crippen LogP contribution in [0.1, 0.15) is 28.8 Å². The van der Waals surface area contributed by atoms with Crippen molar-refractivity contribution in [2.24, 2.45) is 4.99 Å².